The molecule has 0 aliphatic heterocycles. The monoisotopic (exact) mass is 351 g/mol. The second-order valence-electron chi connectivity index (χ2n) is 5.14. The molecule has 0 aliphatic rings. The van der Waals surface area contributed by atoms with E-state index < -0.39 is 0 Å². The van der Waals surface area contributed by atoms with E-state index >= 15 is 0 Å². The van der Waals surface area contributed by atoms with Gasteiger partial charge in [0.25, 0.3) is 0 Å². The molecule has 0 saturated carbocycles. The number of benzene rings is 2. The smallest absolute Gasteiger partial charge is 0.208 e. The number of nitro groups is 1. The molecule has 0 bridgehead atoms. The van der Waals surface area contributed by atoms with E-state index in [0.29, 0.717) is 45.1 Å². The molecule has 25 heavy (non-hydrogen) atoms. The van der Waals surface area contributed by atoms with Crippen molar-refractivity contribution in [3.05, 3.63) is 27.8 Å². The van der Waals surface area contributed by atoms with Gasteiger partial charge in [-0.3, -0.25) is 10.1 Å². The van der Waals surface area contributed by atoms with Crippen molar-refractivity contribution in [2.45, 2.75) is 6.42 Å². The molecular formula is C17H21NO7. The van der Waals surface area contributed by atoms with Crippen molar-refractivity contribution in [3.63, 3.8) is 0 Å². The van der Waals surface area contributed by atoms with Crippen molar-refractivity contribution >= 4 is 10.8 Å². The highest BCUT2D eigenvalue weighted by Gasteiger charge is 2.24. The Morgan fingerprint density at radius 3 is 1.80 bits per heavy atom. The van der Waals surface area contributed by atoms with E-state index in [9.17, 15) is 10.1 Å². The maximum Gasteiger partial charge on any atom is 0.208 e. The normalized spacial score (nSPS) is 10.4. The van der Waals surface area contributed by atoms with Gasteiger partial charge in [-0.25, -0.2) is 0 Å². The third kappa shape index (κ3) is 3.33. The highest BCUT2D eigenvalue weighted by Crippen LogP contribution is 2.50. The summed E-state index contributed by atoms with van der Waals surface area (Å²) in [5.41, 5.74) is 0.647. The molecule has 8 nitrogen and oxygen atoms in total. The summed E-state index contributed by atoms with van der Waals surface area (Å²) in [4.78, 5) is 10.4. The first-order valence-electron chi connectivity index (χ1n) is 7.50. The quantitative estimate of drug-likeness (QED) is 0.533. The van der Waals surface area contributed by atoms with E-state index in [4.69, 9.17) is 23.7 Å². The first kappa shape index (κ1) is 18.4. The predicted molar refractivity (Wildman–Crippen MR) is 92.3 cm³/mol. The molecule has 136 valence electrons. The van der Waals surface area contributed by atoms with Gasteiger partial charge in [-0.15, -0.1) is 0 Å². The second kappa shape index (κ2) is 7.78. The summed E-state index contributed by atoms with van der Waals surface area (Å²) in [6, 6.07) is 3.40. The number of methoxy groups -OCH3 is 5. The van der Waals surface area contributed by atoms with Crippen LogP contribution in [0.25, 0.3) is 10.8 Å². The van der Waals surface area contributed by atoms with E-state index in [1.807, 2.05) is 0 Å². The molecule has 8 heteroatoms. The maximum atomic E-state index is 10.8. The third-order valence-corrected chi connectivity index (χ3v) is 3.91. The van der Waals surface area contributed by atoms with Crippen molar-refractivity contribution in [1.82, 2.24) is 0 Å². The van der Waals surface area contributed by atoms with Crippen LogP contribution in [0.1, 0.15) is 5.56 Å². The number of hydrogen-bond donors (Lipinski definition) is 0. The molecule has 2 aromatic carbocycles. The standard InChI is InChI=1S/C17H21NO7/c1-21-11-8-10(6-7-18(19)20)16(24-4)14-12(22-2)9-13(23-3)17(25-5)15(11)14/h8-9H,6-7H2,1-5H3. The van der Waals surface area contributed by atoms with Gasteiger partial charge in [-0.05, 0) is 6.07 Å². The largest absolute Gasteiger partial charge is 0.496 e. The Morgan fingerprint density at radius 2 is 1.32 bits per heavy atom. The van der Waals surface area contributed by atoms with Crippen LogP contribution in [0.2, 0.25) is 0 Å². The summed E-state index contributed by atoms with van der Waals surface area (Å²) >= 11 is 0. The van der Waals surface area contributed by atoms with Crippen molar-refractivity contribution in [1.29, 1.82) is 0 Å². The molecule has 0 aliphatic carbocycles. The van der Waals surface area contributed by atoms with Gasteiger partial charge in [-0.2, -0.15) is 0 Å². The molecule has 0 atom stereocenters. The van der Waals surface area contributed by atoms with Crippen LogP contribution in [0.3, 0.4) is 0 Å². The molecule has 0 spiro atoms. The zero-order chi connectivity index (χ0) is 18.6. The summed E-state index contributed by atoms with van der Waals surface area (Å²) < 4.78 is 27.4. The van der Waals surface area contributed by atoms with Gasteiger partial charge in [0.1, 0.15) is 17.2 Å². The van der Waals surface area contributed by atoms with Gasteiger partial charge in [-0.1, -0.05) is 0 Å². The van der Waals surface area contributed by atoms with E-state index in [2.05, 4.69) is 0 Å². The molecular weight excluding hydrogens is 330 g/mol. The van der Waals surface area contributed by atoms with Crippen LogP contribution in [0.15, 0.2) is 12.1 Å². The highest BCUT2D eigenvalue weighted by atomic mass is 16.6. The Morgan fingerprint density at radius 1 is 0.800 bits per heavy atom. The minimum absolute atomic E-state index is 0.194. The summed E-state index contributed by atoms with van der Waals surface area (Å²) in [6.45, 7) is -0.222. The Labute approximate surface area is 145 Å². The molecule has 0 unspecified atom stereocenters. The minimum atomic E-state index is -0.373. The lowest BCUT2D eigenvalue weighted by Crippen LogP contribution is -2.07. The number of rotatable bonds is 8. The summed E-state index contributed by atoms with van der Waals surface area (Å²) in [6.07, 6.45) is 0.194. The lowest BCUT2D eigenvalue weighted by atomic mass is 9.99. The number of fused-ring (bicyclic) bond motifs is 1. The molecule has 0 aromatic heterocycles. The summed E-state index contributed by atoms with van der Waals surface area (Å²) in [5, 5.41) is 12.0. The number of hydrogen-bond acceptors (Lipinski definition) is 7. The number of ether oxygens (including phenoxy) is 5. The van der Waals surface area contributed by atoms with Crippen LogP contribution >= 0.6 is 0 Å². The lowest BCUT2D eigenvalue weighted by Gasteiger charge is -2.20. The van der Waals surface area contributed by atoms with Gasteiger partial charge in [0, 0.05) is 23.0 Å². The molecule has 2 rings (SSSR count). The average molecular weight is 351 g/mol. The van der Waals surface area contributed by atoms with Crippen molar-refractivity contribution in [3.8, 4) is 28.7 Å². The fraction of sp³-hybridized carbons (Fsp3) is 0.412. The van der Waals surface area contributed by atoms with Gasteiger partial charge in [0.05, 0.1) is 46.3 Å². The topological polar surface area (TPSA) is 89.3 Å². The zero-order valence-electron chi connectivity index (χ0n) is 14.9. The Bertz CT molecular complexity index is 789. The van der Waals surface area contributed by atoms with Crippen LogP contribution in [-0.2, 0) is 6.42 Å². The molecule has 0 heterocycles. The Hall–Kier alpha value is -2.90. The lowest BCUT2D eigenvalue weighted by molar-refractivity contribution is -0.479. The van der Waals surface area contributed by atoms with Crippen molar-refractivity contribution < 1.29 is 28.6 Å². The molecule has 0 radical (unpaired) electrons. The predicted octanol–water partition coefficient (Wildman–Crippen LogP) is 2.70. The molecule has 0 N–H and O–H groups in total. The molecule has 0 fully saturated rings. The average Bonchev–Trinajstić information content (AvgIpc) is 2.63. The Balaban J connectivity index is 2.91. The Kier molecular flexibility index (Phi) is 5.74. The number of nitrogens with zero attached hydrogens (tertiary/aromatic N) is 1. The van der Waals surface area contributed by atoms with Crippen LogP contribution in [0.4, 0.5) is 0 Å². The van der Waals surface area contributed by atoms with Crippen LogP contribution in [0.5, 0.6) is 28.7 Å². The first-order chi connectivity index (χ1) is 12.0. The van der Waals surface area contributed by atoms with E-state index in [-0.39, 0.29) is 17.9 Å². The van der Waals surface area contributed by atoms with Crippen LogP contribution in [-0.4, -0.2) is 47.0 Å². The second-order valence-corrected chi connectivity index (χ2v) is 5.14. The fourth-order valence-electron chi connectivity index (χ4n) is 2.84. The van der Waals surface area contributed by atoms with Crippen molar-refractivity contribution in [2.75, 3.05) is 42.1 Å². The van der Waals surface area contributed by atoms with Gasteiger partial charge in [0.15, 0.2) is 11.5 Å². The van der Waals surface area contributed by atoms with Gasteiger partial charge < -0.3 is 23.7 Å². The fourth-order valence-corrected chi connectivity index (χ4v) is 2.84. The van der Waals surface area contributed by atoms with Crippen LogP contribution < -0.4 is 23.7 Å². The molecule has 0 saturated heterocycles. The first-order valence-corrected chi connectivity index (χ1v) is 7.50. The summed E-state index contributed by atoms with van der Waals surface area (Å²) in [7, 11) is 7.60. The van der Waals surface area contributed by atoms with E-state index in [0.717, 1.165) is 0 Å². The van der Waals surface area contributed by atoms with Gasteiger partial charge in [0.2, 0.25) is 6.54 Å². The minimum Gasteiger partial charge on any atom is -0.496 e. The van der Waals surface area contributed by atoms with E-state index in [1.165, 1.54) is 35.5 Å². The molecule has 2 aromatic rings. The SMILES string of the molecule is COc1cc(OC)c2c(OC)c(CC[N+](=O)[O-])cc(OC)c2c1OC. The maximum absolute atomic E-state index is 10.8. The van der Waals surface area contributed by atoms with Gasteiger partial charge >= 0.3 is 0 Å². The molecule has 0 amide bonds. The third-order valence-electron chi connectivity index (χ3n) is 3.91. The zero-order valence-corrected chi connectivity index (χ0v) is 14.9. The van der Waals surface area contributed by atoms with Crippen LogP contribution in [0, 0.1) is 10.1 Å². The summed E-state index contributed by atoms with van der Waals surface area (Å²) in [5.74, 6) is 2.41. The highest BCUT2D eigenvalue weighted by molar-refractivity contribution is 6.04. The van der Waals surface area contributed by atoms with E-state index in [1.54, 1.807) is 12.1 Å². The van der Waals surface area contributed by atoms with Crippen molar-refractivity contribution in [2.24, 2.45) is 0 Å².